The molecule has 0 amide bonds. The Kier molecular flexibility index (Phi) is 4.35. The van der Waals surface area contributed by atoms with E-state index >= 15 is 0 Å². The normalized spacial score (nSPS) is 19.5. The van der Waals surface area contributed by atoms with Crippen LogP contribution in [-0.2, 0) is 4.74 Å². The number of nitro groups is 1. The van der Waals surface area contributed by atoms with Crippen LogP contribution in [0.3, 0.4) is 0 Å². The fraction of sp³-hybridized carbons (Fsp3) is 0.455. The molecule has 7 heteroatoms. The summed E-state index contributed by atoms with van der Waals surface area (Å²) in [5, 5.41) is 17.4. The smallest absolute Gasteiger partial charge is 0.293 e. The summed E-state index contributed by atoms with van der Waals surface area (Å²) in [7, 11) is 0. The number of anilines is 1. The number of halogens is 1. The quantitative estimate of drug-likeness (QED) is 0.643. The Hall–Kier alpha value is -1.37. The van der Waals surface area contributed by atoms with E-state index in [-0.39, 0.29) is 11.8 Å². The largest absolute Gasteiger partial charge is 0.376 e. The first-order valence-corrected chi connectivity index (χ1v) is 6.05. The van der Waals surface area contributed by atoms with Crippen LogP contribution >= 0.6 is 11.6 Å². The lowest BCUT2D eigenvalue weighted by molar-refractivity contribution is -0.383. The summed E-state index contributed by atoms with van der Waals surface area (Å²) in [5.41, 5.74) is 0.324. The highest BCUT2D eigenvalue weighted by Gasteiger charge is 2.19. The van der Waals surface area contributed by atoms with Gasteiger partial charge in [0.15, 0.2) is 0 Å². The van der Waals surface area contributed by atoms with E-state index in [9.17, 15) is 10.1 Å². The molecule has 0 aromatic heterocycles. The highest BCUT2D eigenvalue weighted by atomic mass is 35.5. The molecule has 98 valence electrons. The molecule has 1 aliphatic rings. The van der Waals surface area contributed by atoms with Crippen LogP contribution in [0.1, 0.15) is 0 Å². The summed E-state index contributed by atoms with van der Waals surface area (Å²) in [4.78, 5) is 10.4. The lowest BCUT2D eigenvalue weighted by Crippen LogP contribution is -2.42. The monoisotopic (exact) mass is 271 g/mol. The number of rotatable bonds is 4. The first-order valence-electron chi connectivity index (χ1n) is 5.67. The molecule has 1 aromatic carbocycles. The number of nitro benzene ring substituents is 1. The fourth-order valence-electron chi connectivity index (χ4n) is 1.81. The maximum absolute atomic E-state index is 10.9. The Balaban J connectivity index is 2.05. The van der Waals surface area contributed by atoms with Gasteiger partial charge in [-0.3, -0.25) is 10.1 Å². The Bertz CT molecular complexity index is 436. The van der Waals surface area contributed by atoms with Crippen LogP contribution in [0.2, 0.25) is 5.02 Å². The number of para-hydroxylation sites is 1. The Morgan fingerprint density at radius 2 is 2.44 bits per heavy atom. The van der Waals surface area contributed by atoms with Crippen molar-refractivity contribution in [3.63, 3.8) is 0 Å². The summed E-state index contributed by atoms with van der Waals surface area (Å²) in [6, 6.07) is 4.61. The van der Waals surface area contributed by atoms with E-state index in [1.807, 2.05) is 0 Å². The Labute approximate surface area is 109 Å². The summed E-state index contributed by atoms with van der Waals surface area (Å²) in [6.07, 6.45) is -0.00498. The zero-order valence-corrected chi connectivity index (χ0v) is 10.4. The molecule has 1 heterocycles. The average Bonchev–Trinajstić information content (AvgIpc) is 2.38. The zero-order chi connectivity index (χ0) is 13.0. The van der Waals surface area contributed by atoms with Gasteiger partial charge in [0.05, 0.1) is 22.7 Å². The molecular formula is C11H14ClN3O3. The lowest BCUT2D eigenvalue weighted by Gasteiger charge is -2.24. The van der Waals surface area contributed by atoms with Gasteiger partial charge in [0.1, 0.15) is 5.69 Å². The van der Waals surface area contributed by atoms with Crippen molar-refractivity contribution < 1.29 is 9.66 Å². The summed E-state index contributed by atoms with van der Waals surface area (Å²) >= 11 is 5.97. The van der Waals surface area contributed by atoms with E-state index in [4.69, 9.17) is 16.3 Å². The second kappa shape index (κ2) is 5.99. The van der Waals surface area contributed by atoms with Gasteiger partial charge in [0, 0.05) is 25.7 Å². The summed E-state index contributed by atoms with van der Waals surface area (Å²) in [6.45, 7) is 2.70. The molecular weight excluding hydrogens is 258 g/mol. The van der Waals surface area contributed by atoms with Gasteiger partial charge < -0.3 is 15.4 Å². The van der Waals surface area contributed by atoms with Crippen molar-refractivity contribution in [3.05, 3.63) is 33.3 Å². The molecule has 0 saturated carbocycles. The number of nitrogens with zero attached hydrogens (tertiary/aromatic N) is 1. The highest BCUT2D eigenvalue weighted by molar-refractivity contribution is 6.33. The first kappa shape index (κ1) is 13.1. The number of ether oxygens (including phenoxy) is 1. The topological polar surface area (TPSA) is 76.4 Å². The average molecular weight is 272 g/mol. The van der Waals surface area contributed by atoms with Crippen LogP contribution in [0, 0.1) is 10.1 Å². The van der Waals surface area contributed by atoms with E-state index in [1.54, 1.807) is 12.1 Å². The van der Waals surface area contributed by atoms with Crippen molar-refractivity contribution in [2.45, 2.75) is 6.10 Å². The molecule has 1 atom stereocenters. The number of hydrogen-bond donors (Lipinski definition) is 2. The minimum Gasteiger partial charge on any atom is -0.376 e. The van der Waals surface area contributed by atoms with Crippen molar-refractivity contribution in [1.82, 2.24) is 5.32 Å². The Morgan fingerprint density at radius 3 is 3.11 bits per heavy atom. The standard InChI is InChI=1S/C11H14ClN3O3/c12-9-2-1-3-10(15(16)17)11(9)14-7-8-6-13-4-5-18-8/h1-3,8,13-14H,4-7H2. The van der Waals surface area contributed by atoms with Crippen LogP contribution in [0.4, 0.5) is 11.4 Å². The van der Waals surface area contributed by atoms with E-state index < -0.39 is 4.92 Å². The maximum atomic E-state index is 10.9. The molecule has 0 aliphatic carbocycles. The third kappa shape index (κ3) is 3.10. The van der Waals surface area contributed by atoms with Gasteiger partial charge in [-0.15, -0.1) is 0 Å². The molecule has 1 aromatic rings. The first-order chi connectivity index (χ1) is 8.68. The van der Waals surface area contributed by atoms with Crippen LogP contribution in [0.15, 0.2) is 18.2 Å². The SMILES string of the molecule is O=[N+]([O-])c1cccc(Cl)c1NCC1CNCCO1. The van der Waals surface area contributed by atoms with Crippen molar-refractivity contribution in [2.24, 2.45) is 0 Å². The predicted molar refractivity (Wildman–Crippen MR) is 69.2 cm³/mol. The van der Waals surface area contributed by atoms with Crippen molar-refractivity contribution >= 4 is 23.0 Å². The van der Waals surface area contributed by atoms with Gasteiger partial charge in [-0.2, -0.15) is 0 Å². The van der Waals surface area contributed by atoms with Crippen LogP contribution in [-0.4, -0.2) is 37.3 Å². The number of morpholine rings is 1. The predicted octanol–water partition coefficient (Wildman–Crippen LogP) is 1.65. The van der Waals surface area contributed by atoms with Crippen molar-refractivity contribution in [1.29, 1.82) is 0 Å². The van der Waals surface area contributed by atoms with E-state index in [2.05, 4.69) is 10.6 Å². The van der Waals surface area contributed by atoms with Crippen LogP contribution in [0.25, 0.3) is 0 Å². The summed E-state index contributed by atoms with van der Waals surface area (Å²) < 4.78 is 5.50. The van der Waals surface area contributed by atoms with Crippen LogP contribution in [0.5, 0.6) is 0 Å². The number of benzene rings is 1. The van der Waals surface area contributed by atoms with Gasteiger partial charge in [-0.25, -0.2) is 0 Å². The van der Waals surface area contributed by atoms with Gasteiger partial charge in [-0.1, -0.05) is 17.7 Å². The van der Waals surface area contributed by atoms with Gasteiger partial charge in [-0.05, 0) is 6.07 Å². The molecule has 1 saturated heterocycles. The molecule has 2 rings (SSSR count). The van der Waals surface area contributed by atoms with Gasteiger partial charge in [0.2, 0.25) is 0 Å². The minimum atomic E-state index is -0.450. The van der Waals surface area contributed by atoms with Crippen molar-refractivity contribution in [2.75, 3.05) is 31.6 Å². The van der Waals surface area contributed by atoms with Gasteiger partial charge in [0.25, 0.3) is 5.69 Å². The van der Waals surface area contributed by atoms with Gasteiger partial charge >= 0.3 is 0 Å². The van der Waals surface area contributed by atoms with E-state index in [0.29, 0.717) is 23.9 Å². The molecule has 2 N–H and O–H groups in total. The molecule has 0 spiro atoms. The summed E-state index contributed by atoms with van der Waals surface area (Å²) in [5.74, 6) is 0. The molecule has 1 aliphatic heterocycles. The second-order valence-corrected chi connectivity index (χ2v) is 4.38. The lowest BCUT2D eigenvalue weighted by atomic mass is 10.2. The third-order valence-electron chi connectivity index (χ3n) is 2.70. The van der Waals surface area contributed by atoms with E-state index in [1.165, 1.54) is 6.07 Å². The molecule has 18 heavy (non-hydrogen) atoms. The Morgan fingerprint density at radius 1 is 1.61 bits per heavy atom. The molecule has 1 unspecified atom stereocenters. The number of hydrogen-bond acceptors (Lipinski definition) is 5. The zero-order valence-electron chi connectivity index (χ0n) is 9.69. The minimum absolute atomic E-state index is 0.00498. The fourth-order valence-corrected chi connectivity index (χ4v) is 2.04. The van der Waals surface area contributed by atoms with E-state index in [0.717, 1.165) is 13.1 Å². The van der Waals surface area contributed by atoms with Crippen molar-refractivity contribution in [3.8, 4) is 0 Å². The molecule has 0 bridgehead atoms. The molecule has 1 fully saturated rings. The van der Waals surface area contributed by atoms with Crippen LogP contribution < -0.4 is 10.6 Å². The number of nitrogens with one attached hydrogen (secondary N) is 2. The second-order valence-electron chi connectivity index (χ2n) is 3.97. The maximum Gasteiger partial charge on any atom is 0.293 e. The third-order valence-corrected chi connectivity index (χ3v) is 3.01. The highest BCUT2D eigenvalue weighted by Crippen LogP contribution is 2.31. The molecule has 0 radical (unpaired) electrons. The molecule has 6 nitrogen and oxygen atoms in total.